The highest BCUT2D eigenvalue weighted by Crippen LogP contribution is 2.13. The maximum absolute atomic E-state index is 5.22. The number of nitrogens with one attached hydrogen (secondary N) is 1. The third kappa shape index (κ3) is 1.64. The van der Waals surface area contributed by atoms with Crippen LogP contribution < -0.4 is 5.32 Å². The first kappa shape index (κ1) is 8.87. The fourth-order valence-corrected chi connectivity index (χ4v) is 1.39. The number of hydrogen-bond acceptors (Lipinski definition) is 3. The van der Waals surface area contributed by atoms with E-state index in [-0.39, 0.29) is 0 Å². The molecule has 14 heavy (non-hydrogen) atoms. The molecule has 2 aromatic rings. The molecule has 0 aliphatic rings. The molecule has 1 N–H and O–H groups in total. The van der Waals surface area contributed by atoms with Crippen LogP contribution in [0.3, 0.4) is 0 Å². The molecule has 0 atom stereocenters. The number of aromatic nitrogens is 2. The van der Waals surface area contributed by atoms with E-state index in [0.29, 0.717) is 6.54 Å². The number of furan rings is 1. The third-order valence-corrected chi connectivity index (χ3v) is 2.13. The average Bonchev–Trinajstić information content (AvgIpc) is 2.76. The second kappa shape index (κ2) is 3.57. The molecule has 4 heteroatoms. The van der Waals surface area contributed by atoms with Crippen molar-refractivity contribution in [2.75, 3.05) is 5.32 Å². The van der Waals surface area contributed by atoms with Crippen LogP contribution in [-0.4, -0.2) is 9.78 Å². The van der Waals surface area contributed by atoms with Crippen LogP contribution in [0.25, 0.3) is 0 Å². The number of nitrogens with zero attached hydrogens (tertiary/aromatic N) is 2. The lowest BCUT2D eigenvalue weighted by Crippen LogP contribution is -2.04. The van der Waals surface area contributed by atoms with Crippen molar-refractivity contribution in [1.82, 2.24) is 9.78 Å². The van der Waals surface area contributed by atoms with Gasteiger partial charge in [0.15, 0.2) is 0 Å². The summed E-state index contributed by atoms with van der Waals surface area (Å²) in [6.07, 6.45) is 3.51. The van der Waals surface area contributed by atoms with Crippen LogP contribution in [0.4, 0.5) is 5.82 Å². The summed E-state index contributed by atoms with van der Waals surface area (Å²) in [4.78, 5) is 0. The van der Waals surface area contributed by atoms with Crippen LogP contribution >= 0.6 is 0 Å². The van der Waals surface area contributed by atoms with Crippen LogP contribution in [0.5, 0.6) is 0 Å². The van der Waals surface area contributed by atoms with Gasteiger partial charge in [-0.3, -0.25) is 4.68 Å². The zero-order chi connectivity index (χ0) is 9.97. The predicted octanol–water partition coefficient (Wildman–Crippen LogP) is 1.93. The third-order valence-electron chi connectivity index (χ3n) is 2.13. The standard InChI is InChI=1S/C10H13N3O/c1-8-6-12-13(2)10(8)11-7-9-4-3-5-14-9/h3-6,11H,7H2,1-2H3. The summed E-state index contributed by atoms with van der Waals surface area (Å²) in [5.41, 5.74) is 1.14. The van der Waals surface area contributed by atoms with Crippen molar-refractivity contribution >= 4 is 5.82 Å². The maximum Gasteiger partial charge on any atom is 0.127 e. The summed E-state index contributed by atoms with van der Waals surface area (Å²) in [6.45, 7) is 2.71. The molecular weight excluding hydrogens is 178 g/mol. The van der Waals surface area contributed by atoms with Gasteiger partial charge < -0.3 is 9.73 Å². The van der Waals surface area contributed by atoms with E-state index in [1.54, 1.807) is 6.26 Å². The molecule has 0 radical (unpaired) electrons. The monoisotopic (exact) mass is 191 g/mol. The van der Waals surface area contributed by atoms with Crippen molar-refractivity contribution < 1.29 is 4.42 Å². The molecular formula is C10H13N3O. The molecule has 0 spiro atoms. The van der Waals surface area contributed by atoms with E-state index in [1.807, 2.05) is 37.0 Å². The SMILES string of the molecule is Cc1cnn(C)c1NCc1ccco1. The first-order valence-corrected chi connectivity index (χ1v) is 4.52. The minimum atomic E-state index is 0.688. The average molecular weight is 191 g/mol. The van der Waals surface area contributed by atoms with E-state index in [0.717, 1.165) is 17.1 Å². The second-order valence-electron chi connectivity index (χ2n) is 3.23. The van der Waals surface area contributed by atoms with Gasteiger partial charge in [-0.05, 0) is 19.1 Å². The fourth-order valence-electron chi connectivity index (χ4n) is 1.39. The van der Waals surface area contributed by atoms with Crippen LogP contribution in [0.15, 0.2) is 29.0 Å². The zero-order valence-corrected chi connectivity index (χ0v) is 8.32. The molecule has 74 valence electrons. The van der Waals surface area contributed by atoms with Crippen molar-refractivity contribution in [1.29, 1.82) is 0 Å². The molecule has 2 aromatic heterocycles. The van der Waals surface area contributed by atoms with Gasteiger partial charge in [0.05, 0.1) is 19.0 Å². The molecule has 0 aromatic carbocycles. The van der Waals surface area contributed by atoms with E-state index in [2.05, 4.69) is 10.4 Å². The van der Waals surface area contributed by atoms with Crippen LogP contribution in [0, 0.1) is 6.92 Å². The summed E-state index contributed by atoms with van der Waals surface area (Å²) >= 11 is 0. The molecule has 0 saturated heterocycles. The minimum Gasteiger partial charge on any atom is -0.467 e. The number of anilines is 1. The lowest BCUT2D eigenvalue weighted by Gasteiger charge is -2.05. The molecule has 0 saturated carbocycles. The Morgan fingerprint density at radius 3 is 3.00 bits per heavy atom. The van der Waals surface area contributed by atoms with Crippen molar-refractivity contribution in [3.05, 3.63) is 35.9 Å². The normalized spacial score (nSPS) is 10.4. The minimum absolute atomic E-state index is 0.688. The molecule has 4 nitrogen and oxygen atoms in total. The highest BCUT2D eigenvalue weighted by Gasteiger charge is 2.03. The van der Waals surface area contributed by atoms with E-state index in [4.69, 9.17) is 4.42 Å². The Hall–Kier alpha value is -1.71. The summed E-state index contributed by atoms with van der Waals surface area (Å²) < 4.78 is 7.04. The van der Waals surface area contributed by atoms with Gasteiger partial charge in [0.25, 0.3) is 0 Å². The van der Waals surface area contributed by atoms with Crippen LogP contribution in [-0.2, 0) is 13.6 Å². The number of aryl methyl sites for hydroxylation is 2. The zero-order valence-electron chi connectivity index (χ0n) is 8.32. The Labute approximate surface area is 82.5 Å². The van der Waals surface area contributed by atoms with Gasteiger partial charge in [0.2, 0.25) is 0 Å². The van der Waals surface area contributed by atoms with Crippen LogP contribution in [0.2, 0.25) is 0 Å². The van der Waals surface area contributed by atoms with Crippen molar-refractivity contribution in [2.45, 2.75) is 13.5 Å². The van der Waals surface area contributed by atoms with E-state index >= 15 is 0 Å². The van der Waals surface area contributed by atoms with Crippen molar-refractivity contribution in [3.8, 4) is 0 Å². The summed E-state index contributed by atoms with van der Waals surface area (Å²) in [5.74, 6) is 1.95. The Kier molecular flexibility index (Phi) is 2.26. The lowest BCUT2D eigenvalue weighted by molar-refractivity contribution is 0.517. The Balaban J connectivity index is 2.05. The van der Waals surface area contributed by atoms with E-state index in [1.165, 1.54) is 0 Å². The van der Waals surface area contributed by atoms with Gasteiger partial charge in [0, 0.05) is 12.6 Å². The fraction of sp³-hybridized carbons (Fsp3) is 0.300. The van der Waals surface area contributed by atoms with Crippen LogP contribution in [0.1, 0.15) is 11.3 Å². The molecule has 0 aliphatic carbocycles. The Bertz CT molecular complexity index is 383. The van der Waals surface area contributed by atoms with Gasteiger partial charge in [0.1, 0.15) is 11.6 Å². The lowest BCUT2D eigenvalue weighted by atomic mass is 10.3. The largest absolute Gasteiger partial charge is 0.467 e. The molecule has 0 fully saturated rings. The van der Waals surface area contributed by atoms with Gasteiger partial charge in [-0.2, -0.15) is 5.10 Å². The van der Waals surface area contributed by atoms with Crippen molar-refractivity contribution in [3.63, 3.8) is 0 Å². The molecule has 0 bridgehead atoms. The highest BCUT2D eigenvalue weighted by molar-refractivity contribution is 5.42. The molecule has 0 unspecified atom stereocenters. The summed E-state index contributed by atoms with van der Waals surface area (Å²) in [7, 11) is 1.91. The van der Waals surface area contributed by atoms with Gasteiger partial charge in [-0.25, -0.2) is 0 Å². The summed E-state index contributed by atoms with van der Waals surface area (Å²) in [6, 6.07) is 3.83. The van der Waals surface area contributed by atoms with Gasteiger partial charge >= 0.3 is 0 Å². The Morgan fingerprint density at radius 1 is 1.57 bits per heavy atom. The molecule has 0 aliphatic heterocycles. The van der Waals surface area contributed by atoms with Gasteiger partial charge in [-0.1, -0.05) is 0 Å². The molecule has 2 rings (SSSR count). The highest BCUT2D eigenvalue weighted by atomic mass is 16.3. The predicted molar refractivity (Wildman–Crippen MR) is 54.0 cm³/mol. The maximum atomic E-state index is 5.22. The molecule has 0 amide bonds. The van der Waals surface area contributed by atoms with E-state index in [9.17, 15) is 0 Å². The number of hydrogen-bond donors (Lipinski definition) is 1. The Morgan fingerprint density at radius 2 is 2.43 bits per heavy atom. The van der Waals surface area contributed by atoms with Gasteiger partial charge in [-0.15, -0.1) is 0 Å². The first-order valence-electron chi connectivity index (χ1n) is 4.52. The molecule has 2 heterocycles. The van der Waals surface area contributed by atoms with Crippen molar-refractivity contribution in [2.24, 2.45) is 7.05 Å². The quantitative estimate of drug-likeness (QED) is 0.806. The second-order valence-corrected chi connectivity index (χ2v) is 3.23. The topological polar surface area (TPSA) is 43.0 Å². The number of rotatable bonds is 3. The van der Waals surface area contributed by atoms with E-state index < -0.39 is 0 Å². The smallest absolute Gasteiger partial charge is 0.127 e. The first-order chi connectivity index (χ1) is 6.77. The summed E-state index contributed by atoms with van der Waals surface area (Å²) in [5, 5.41) is 7.41.